The second kappa shape index (κ2) is 5.66. The number of carbonyl (C=O) groups excluding carboxylic acids is 2. The summed E-state index contributed by atoms with van der Waals surface area (Å²) in [5.41, 5.74) is 12.2. The van der Waals surface area contributed by atoms with Crippen LogP contribution in [0.1, 0.15) is 29.0 Å². The molecular formula is C14H17N5O2. The number of amides is 1. The third kappa shape index (κ3) is 2.86. The maximum Gasteiger partial charge on any atom is 0.263 e. The second-order valence-electron chi connectivity index (χ2n) is 4.87. The highest BCUT2D eigenvalue weighted by Crippen LogP contribution is 2.21. The summed E-state index contributed by atoms with van der Waals surface area (Å²) < 4.78 is 0.972. The van der Waals surface area contributed by atoms with E-state index in [4.69, 9.17) is 11.5 Å². The maximum absolute atomic E-state index is 12.2. The van der Waals surface area contributed by atoms with Gasteiger partial charge in [0.1, 0.15) is 11.4 Å². The van der Waals surface area contributed by atoms with E-state index in [0.717, 1.165) is 4.68 Å². The number of benzene rings is 1. The Morgan fingerprint density at radius 3 is 2.38 bits per heavy atom. The lowest BCUT2D eigenvalue weighted by molar-refractivity contribution is 0.0842. The van der Waals surface area contributed by atoms with Gasteiger partial charge >= 0.3 is 0 Å². The smallest absolute Gasteiger partial charge is 0.263 e. The van der Waals surface area contributed by atoms with Crippen LogP contribution in [0.2, 0.25) is 0 Å². The largest absolute Gasteiger partial charge is 0.383 e. The molecule has 1 aromatic carbocycles. The summed E-state index contributed by atoms with van der Waals surface area (Å²) in [5, 5.41) is 6.51. The average Bonchev–Trinajstić information content (AvgIpc) is 2.74. The van der Waals surface area contributed by atoms with Crippen LogP contribution < -0.4 is 16.8 Å². The van der Waals surface area contributed by atoms with Crippen molar-refractivity contribution in [1.82, 2.24) is 9.78 Å². The van der Waals surface area contributed by atoms with Gasteiger partial charge in [-0.2, -0.15) is 4.68 Å². The van der Waals surface area contributed by atoms with Crippen LogP contribution in [-0.2, 0) is 0 Å². The fraction of sp³-hybridized carbons (Fsp3) is 0.214. The number of nitrogens with two attached hydrogens (primary N) is 2. The first-order valence-electron chi connectivity index (χ1n) is 6.46. The minimum atomic E-state index is -0.501. The van der Waals surface area contributed by atoms with Crippen molar-refractivity contribution in [2.45, 2.75) is 13.8 Å². The normalized spacial score (nSPS) is 10.6. The lowest BCUT2D eigenvalue weighted by atomic mass is 10.2. The molecular weight excluding hydrogens is 270 g/mol. The predicted octanol–water partition coefficient (Wildman–Crippen LogP) is 1.60. The first-order chi connectivity index (χ1) is 9.91. The van der Waals surface area contributed by atoms with Gasteiger partial charge in [0.25, 0.3) is 11.8 Å². The second-order valence-corrected chi connectivity index (χ2v) is 4.87. The molecule has 0 aliphatic carbocycles. The molecule has 0 saturated heterocycles. The molecule has 0 atom stereocenters. The lowest BCUT2D eigenvalue weighted by Crippen LogP contribution is -2.21. The molecule has 1 amide bonds. The van der Waals surface area contributed by atoms with Crippen LogP contribution in [0, 0.1) is 5.92 Å². The van der Waals surface area contributed by atoms with Gasteiger partial charge in [0.2, 0.25) is 0 Å². The number of hydrogen-bond donors (Lipinski definition) is 3. The average molecular weight is 287 g/mol. The zero-order valence-electron chi connectivity index (χ0n) is 11.8. The Balaban J connectivity index is 2.32. The van der Waals surface area contributed by atoms with E-state index in [9.17, 15) is 9.59 Å². The molecule has 1 aromatic heterocycles. The van der Waals surface area contributed by atoms with Crippen molar-refractivity contribution >= 4 is 29.1 Å². The van der Waals surface area contributed by atoms with E-state index in [1.54, 1.807) is 38.1 Å². The van der Waals surface area contributed by atoms with Crippen LogP contribution in [-0.4, -0.2) is 21.6 Å². The summed E-state index contributed by atoms with van der Waals surface area (Å²) in [7, 11) is 0. The molecule has 0 aliphatic heterocycles. The van der Waals surface area contributed by atoms with Gasteiger partial charge in [0.15, 0.2) is 5.82 Å². The van der Waals surface area contributed by atoms with Crippen molar-refractivity contribution in [1.29, 1.82) is 0 Å². The van der Waals surface area contributed by atoms with Crippen LogP contribution in [0.15, 0.2) is 30.3 Å². The zero-order chi connectivity index (χ0) is 15.6. The fourth-order valence-electron chi connectivity index (χ4n) is 1.81. The predicted molar refractivity (Wildman–Crippen MR) is 80.9 cm³/mol. The van der Waals surface area contributed by atoms with E-state index in [1.165, 1.54) is 0 Å². The van der Waals surface area contributed by atoms with Crippen LogP contribution in [0.3, 0.4) is 0 Å². The van der Waals surface area contributed by atoms with E-state index in [0.29, 0.717) is 5.69 Å². The van der Waals surface area contributed by atoms with E-state index >= 15 is 0 Å². The Bertz CT molecular complexity index is 676. The number of carbonyl (C=O) groups is 2. The number of nitrogens with zero attached hydrogens (tertiary/aromatic N) is 2. The Morgan fingerprint density at radius 2 is 1.81 bits per heavy atom. The number of hydrogen-bond acceptors (Lipinski definition) is 5. The monoisotopic (exact) mass is 287 g/mol. The summed E-state index contributed by atoms with van der Waals surface area (Å²) in [6.07, 6.45) is 0. The number of rotatable bonds is 3. The van der Waals surface area contributed by atoms with Gasteiger partial charge in [-0.05, 0) is 12.1 Å². The minimum Gasteiger partial charge on any atom is -0.383 e. The van der Waals surface area contributed by atoms with Gasteiger partial charge in [-0.1, -0.05) is 32.0 Å². The van der Waals surface area contributed by atoms with E-state index in [-0.39, 0.29) is 29.0 Å². The third-order valence-corrected chi connectivity index (χ3v) is 2.91. The van der Waals surface area contributed by atoms with Gasteiger partial charge in [0.05, 0.1) is 0 Å². The standard InChI is InChI=1S/C14H17N5O2/c1-8(2)14(21)19-12(16)10(11(15)18-19)13(20)17-9-6-4-3-5-7-9/h3-8H,16H2,1-2H3,(H2,15,18)(H,17,20). The molecule has 0 unspecified atom stereocenters. The summed E-state index contributed by atoms with van der Waals surface area (Å²) in [6.45, 7) is 3.42. The highest BCUT2D eigenvalue weighted by Gasteiger charge is 2.24. The summed E-state index contributed by atoms with van der Waals surface area (Å²) in [5.74, 6) is -1.26. The van der Waals surface area contributed by atoms with Gasteiger partial charge in [-0.15, -0.1) is 5.10 Å². The van der Waals surface area contributed by atoms with E-state index in [2.05, 4.69) is 10.4 Å². The molecule has 5 N–H and O–H groups in total. The number of nitrogens with one attached hydrogen (secondary N) is 1. The molecule has 0 spiro atoms. The highest BCUT2D eigenvalue weighted by atomic mass is 16.2. The number of nitrogen functional groups attached to an aromatic ring is 2. The van der Waals surface area contributed by atoms with Crippen molar-refractivity contribution in [2.24, 2.45) is 5.92 Å². The number of para-hydroxylation sites is 1. The molecule has 0 saturated carbocycles. The van der Waals surface area contributed by atoms with Gasteiger partial charge in [0, 0.05) is 11.6 Å². The molecule has 110 valence electrons. The summed E-state index contributed by atoms with van der Waals surface area (Å²) in [6, 6.07) is 8.86. The van der Waals surface area contributed by atoms with Crippen LogP contribution in [0.4, 0.5) is 17.3 Å². The molecule has 0 radical (unpaired) electrons. The first kappa shape index (κ1) is 14.6. The molecule has 0 aliphatic rings. The number of anilines is 3. The van der Waals surface area contributed by atoms with Gasteiger partial charge < -0.3 is 16.8 Å². The van der Waals surface area contributed by atoms with Crippen molar-refractivity contribution < 1.29 is 9.59 Å². The summed E-state index contributed by atoms with van der Waals surface area (Å²) in [4.78, 5) is 24.2. The lowest BCUT2D eigenvalue weighted by Gasteiger charge is -2.06. The van der Waals surface area contributed by atoms with Crippen LogP contribution in [0.5, 0.6) is 0 Å². The Kier molecular flexibility index (Phi) is 3.93. The van der Waals surface area contributed by atoms with Crippen molar-refractivity contribution in [3.05, 3.63) is 35.9 Å². The topological polar surface area (TPSA) is 116 Å². The molecule has 7 nitrogen and oxygen atoms in total. The van der Waals surface area contributed by atoms with Gasteiger partial charge in [-0.3, -0.25) is 9.59 Å². The third-order valence-electron chi connectivity index (χ3n) is 2.91. The van der Waals surface area contributed by atoms with E-state index in [1.807, 2.05) is 6.07 Å². The molecule has 7 heteroatoms. The highest BCUT2D eigenvalue weighted by molar-refractivity contribution is 6.11. The fourth-order valence-corrected chi connectivity index (χ4v) is 1.81. The molecule has 1 heterocycles. The van der Waals surface area contributed by atoms with Crippen molar-refractivity contribution in [2.75, 3.05) is 16.8 Å². The molecule has 0 bridgehead atoms. The van der Waals surface area contributed by atoms with Crippen molar-refractivity contribution in [3.8, 4) is 0 Å². The van der Waals surface area contributed by atoms with E-state index < -0.39 is 5.91 Å². The summed E-state index contributed by atoms with van der Waals surface area (Å²) >= 11 is 0. The van der Waals surface area contributed by atoms with Crippen LogP contribution in [0.25, 0.3) is 0 Å². The molecule has 2 rings (SSSR count). The quantitative estimate of drug-likeness (QED) is 0.792. The number of aromatic nitrogens is 2. The zero-order valence-corrected chi connectivity index (χ0v) is 11.8. The SMILES string of the molecule is CC(C)C(=O)n1nc(N)c(C(=O)Nc2ccccc2)c1N. The first-order valence-corrected chi connectivity index (χ1v) is 6.46. The van der Waals surface area contributed by atoms with Crippen LogP contribution >= 0.6 is 0 Å². The maximum atomic E-state index is 12.2. The van der Waals surface area contributed by atoms with Crippen molar-refractivity contribution in [3.63, 3.8) is 0 Å². The minimum absolute atomic E-state index is 0.00727. The van der Waals surface area contributed by atoms with Gasteiger partial charge in [-0.25, -0.2) is 0 Å². The Hall–Kier alpha value is -2.83. The Labute approximate surface area is 121 Å². The molecule has 21 heavy (non-hydrogen) atoms. The molecule has 2 aromatic rings. The molecule has 0 fully saturated rings. The Morgan fingerprint density at radius 1 is 1.19 bits per heavy atom.